The van der Waals surface area contributed by atoms with Crippen LogP contribution in [0, 0.1) is 0 Å². The van der Waals surface area contributed by atoms with Gasteiger partial charge in [-0.15, -0.1) is 0 Å². The van der Waals surface area contributed by atoms with Gasteiger partial charge in [-0.25, -0.2) is 4.79 Å². The van der Waals surface area contributed by atoms with Crippen LogP contribution in [0.5, 0.6) is 0 Å². The molecule has 1 saturated carbocycles. The quantitative estimate of drug-likeness (QED) is 0.826. The maximum Gasteiger partial charge on any atom is 0.396 e. The van der Waals surface area contributed by atoms with Crippen LogP contribution in [-0.4, -0.2) is 0 Å². The number of benzene rings is 1. The molecular formula is C12H13NO2S. The van der Waals surface area contributed by atoms with Crippen molar-refractivity contribution in [2.24, 2.45) is 5.73 Å². The Bertz CT molecular complexity index is 578. The van der Waals surface area contributed by atoms with Crippen LogP contribution in [0.4, 0.5) is 0 Å². The van der Waals surface area contributed by atoms with Gasteiger partial charge in [0.05, 0.1) is 4.70 Å². The number of hydrogen-bond donors (Lipinski definition) is 1. The SMILES string of the molecule is NC1(c2ccc3sc(=O)oc3c2)CCCC1. The fraction of sp³-hybridized carbons (Fsp3) is 0.417. The van der Waals surface area contributed by atoms with E-state index in [1.54, 1.807) is 0 Å². The Morgan fingerprint density at radius 3 is 2.81 bits per heavy atom. The van der Waals surface area contributed by atoms with Crippen molar-refractivity contribution in [3.8, 4) is 0 Å². The minimum atomic E-state index is -0.246. The zero-order chi connectivity index (χ0) is 11.2. The highest BCUT2D eigenvalue weighted by Crippen LogP contribution is 2.37. The normalized spacial score (nSPS) is 19.3. The van der Waals surface area contributed by atoms with E-state index in [0.29, 0.717) is 5.58 Å². The summed E-state index contributed by atoms with van der Waals surface area (Å²) in [6.07, 6.45) is 4.41. The van der Waals surface area contributed by atoms with Crippen LogP contribution in [0.3, 0.4) is 0 Å². The van der Waals surface area contributed by atoms with Gasteiger partial charge in [-0.3, -0.25) is 0 Å². The Hall–Kier alpha value is -1.13. The molecule has 0 unspecified atom stereocenters. The number of rotatable bonds is 1. The predicted octanol–water partition coefficient (Wildman–Crippen LogP) is 2.58. The molecule has 84 valence electrons. The van der Waals surface area contributed by atoms with E-state index in [4.69, 9.17) is 10.2 Å². The van der Waals surface area contributed by atoms with Crippen molar-refractivity contribution in [2.45, 2.75) is 31.2 Å². The van der Waals surface area contributed by atoms with Gasteiger partial charge < -0.3 is 10.2 Å². The number of hydrogen-bond acceptors (Lipinski definition) is 4. The molecule has 1 fully saturated rings. The zero-order valence-electron chi connectivity index (χ0n) is 8.86. The second-order valence-corrected chi connectivity index (χ2v) is 5.46. The minimum absolute atomic E-state index is 0.214. The van der Waals surface area contributed by atoms with Crippen molar-refractivity contribution in [3.63, 3.8) is 0 Å². The van der Waals surface area contributed by atoms with Crippen LogP contribution in [-0.2, 0) is 5.54 Å². The van der Waals surface area contributed by atoms with Crippen molar-refractivity contribution in [1.82, 2.24) is 0 Å². The summed E-state index contributed by atoms with van der Waals surface area (Å²) in [5.41, 5.74) is 7.92. The van der Waals surface area contributed by atoms with Gasteiger partial charge in [0.1, 0.15) is 5.58 Å². The first-order valence-corrected chi connectivity index (χ1v) is 6.32. The maximum absolute atomic E-state index is 11.1. The molecule has 0 bridgehead atoms. The first-order chi connectivity index (χ1) is 7.67. The van der Waals surface area contributed by atoms with Gasteiger partial charge in [0.2, 0.25) is 0 Å². The van der Waals surface area contributed by atoms with E-state index in [1.807, 2.05) is 18.2 Å². The summed E-state index contributed by atoms with van der Waals surface area (Å²) in [6, 6.07) is 5.89. The Balaban J connectivity index is 2.14. The molecule has 3 rings (SSSR count). The lowest BCUT2D eigenvalue weighted by Gasteiger charge is -2.23. The number of fused-ring (bicyclic) bond motifs is 1. The highest BCUT2D eigenvalue weighted by Gasteiger charge is 2.31. The average Bonchev–Trinajstić information content (AvgIpc) is 2.82. The Morgan fingerprint density at radius 2 is 2.06 bits per heavy atom. The van der Waals surface area contributed by atoms with Crippen molar-refractivity contribution in [2.75, 3.05) is 0 Å². The van der Waals surface area contributed by atoms with Gasteiger partial charge in [-0.1, -0.05) is 30.2 Å². The molecule has 1 heterocycles. The molecule has 0 radical (unpaired) electrons. The molecule has 0 saturated heterocycles. The summed E-state index contributed by atoms with van der Waals surface area (Å²) < 4.78 is 6.02. The standard InChI is InChI=1S/C12H13NO2S/c13-12(5-1-2-6-12)8-3-4-10-9(7-8)15-11(14)16-10/h3-4,7H,1-2,5-6,13H2. The topological polar surface area (TPSA) is 56.2 Å². The summed E-state index contributed by atoms with van der Waals surface area (Å²) in [6.45, 7) is 0. The summed E-state index contributed by atoms with van der Waals surface area (Å²) in [5.74, 6) is 0. The van der Waals surface area contributed by atoms with E-state index in [9.17, 15) is 4.79 Å². The maximum atomic E-state index is 11.1. The lowest BCUT2D eigenvalue weighted by Crippen LogP contribution is -2.32. The van der Waals surface area contributed by atoms with Gasteiger partial charge in [0.15, 0.2) is 0 Å². The van der Waals surface area contributed by atoms with Crippen LogP contribution in [0.15, 0.2) is 27.4 Å². The first-order valence-electron chi connectivity index (χ1n) is 5.50. The first kappa shape index (κ1) is 10.1. The third-order valence-electron chi connectivity index (χ3n) is 3.40. The smallest absolute Gasteiger partial charge is 0.396 e. The molecule has 1 aromatic heterocycles. The molecule has 0 aliphatic heterocycles. The summed E-state index contributed by atoms with van der Waals surface area (Å²) in [7, 11) is 0. The fourth-order valence-corrected chi connectivity index (χ4v) is 3.13. The molecular weight excluding hydrogens is 222 g/mol. The van der Waals surface area contributed by atoms with Gasteiger partial charge in [-0.2, -0.15) is 0 Å². The molecule has 0 amide bonds. The molecule has 2 N–H and O–H groups in total. The summed E-state index contributed by atoms with van der Waals surface area (Å²) in [5, 5.41) is 0. The van der Waals surface area contributed by atoms with E-state index in [0.717, 1.165) is 34.4 Å². The van der Waals surface area contributed by atoms with Crippen LogP contribution < -0.4 is 10.7 Å². The van der Waals surface area contributed by atoms with E-state index in [2.05, 4.69) is 0 Å². The van der Waals surface area contributed by atoms with Crippen LogP contribution in [0.2, 0.25) is 0 Å². The van der Waals surface area contributed by atoms with Crippen LogP contribution >= 0.6 is 11.3 Å². The third kappa shape index (κ3) is 1.49. The van der Waals surface area contributed by atoms with Crippen molar-refractivity contribution in [3.05, 3.63) is 33.5 Å². The lowest BCUT2D eigenvalue weighted by molar-refractivity contribution is 0.461. The molecule has 1 aromatic carbocycles. The monoisotopic (exact) mass is 235 g/mol. The van der Waals surface area contributed by atoms with Crippen molar-refractivity contribution in [1.29, 1.82) is 0 Å². The summed E-state index contributed by atoms with van der Waals surface area (Å²) in [4.78, 5) is 10.9. The third-order valence-corrected chi connectivity index (χ3v) is 4.21. The van der Waals surface area contributed by atoms with Gasteiger partial charge >= 0.3 is 4.94 Å². The van der Waals surface area contributed by atoms with Gasteiger partial charge in [-0.05, 0) is 30.5 Å². The number of nitrogens with two attached hydrogens (primary N) is 1. The Morgan fingerprint density at radius 1 is 1.31 bits per heavy atom. The molecule has 1 aliphatic rings. The minimum Gasteiger partial charge on any atom is -0.414 e. The molecule has 4 heteroatoms. The van der Waals surface area contributed by atoms with Crippen LogP contribution in [0.1, 0.15) is 31.2 Å². The fourth-order valence-electron chi connectivity index (χ4n) is 2.48. The van der Waals surface area contributed by atoms with Gasteiger partial charge in [0, 0.05) is 5.54 Å². The highest BCUT2D eigenvalue weighted by molar-refractivity contribution is 7.16. The predicted molar refractivity (Wildman–Crippen MR) is 64.7 cm³/mol. The largest absolute Gasteiger partial charge is 0.414 e. The van der Waals surface area contributed by atoms with Crippen molar-refractivity contribution >= 4 is 21.6 Å². The molecule has 1 aliphatic carbocycles. The Kier molecular flexibility index (Phi) is 2.16. The van der Waals surface area contributed by atoms with E-state index in [1.165, 1.54) is 12.8 Å². The molecule has 2 aromatic rings. The van der Waals surface area contributed by atoms with E-state index >= 15 is 0 Å². The lowest BCUT2D eigenvalue weighted by atomic mass is 9.89. The molecule has 0 atom stereocenters. The highest BCUT2D eigenvalue weighted by atomic mass is 32.1. The second-order valence-electron chi connectivity index (χ2n) is 4.48. The average molecular weight is 235 g/mol. The van der Waals surface area contributed by atoms with Gasteiger partial charge in [0.25, 0.3) is 0 Å². The zero-order valence-corrected chi connectivity index (χ0v) is 9.68. The van der Waals surface area contributed by atoms with Crippen LogP contribution in [0.25, 0.3) is 10.3 Å². The molecule has 0 spiro atoms. The summed E-state index contributed by atoms with van der Waals surface area (Å²) >= 11 is 1.14. The second kappa shape index (κ2) is 3.43. The van der Waals surface area contributed by atoms with E-state index in [-0.39, 0.29) is 10.5 Å². The van der Waals surface area contributed by atoms with E-state index < -0.39 is 0 Å². The molecule has 3 nitrogen and oxygen atoms in total. The Labute approximate surface area is 96.9 Å². The molecule has 16 heavy (non-hydrogen) atoms. The van der Waals surface area contributed by atoms with Crippen molar-refractivity contribution < 1.29 is 4.42 Å².